The summed E-state index contributed by atoms with van der Waals surface area (Å²) in [5, 5.41) is 7.49. The Hall–Kier alpha value is -1.43. The second kappa shape index (κ2) is 5.69. The van der Waals surface area contributed by atoms with Gasteiger partial charge in [0, 0.05) is 20.1 Å². The minimum Gasteiger partial charge on any atom is -0.342 e. The van der Waals surface area contributed by atoms with Crippen LogP contribution in [0.1, 0.15) is 32.6 Å². The molecule has 1 aliphatic carbocycles. The molecule has 1 aliphatic rings. The van der Waals surface area contributed by atoms with Crippen LogP contribution in [0.4, 0.5) is 0 Å². The molecule has 2 rings (SSSR count). The average molecular weight is 265 g/mol. The fraction of sp³-hybridized carbons (Fsp3) is 0.769. The highest BCUT2D eigenvalue weighted by atomic mass is 16.2. The van der Waals surface area contributed by atoms with Gasteiger partial charge in [0.1, 0.15) is 12.7 Å². The zero-order chi connectivity index (χ0) is 13.9. The molecule has 1 fully saturated rings. The summed E-state index contributed by atoms with van der Waals surface area (Å²) in [6.45, 7) is 3.41. The molecule has 6 nitrogen and oxygen atoms in total. The van der Waals surface area contributed by atoms with Crippen LogP contribution in [0.25, 0.3) is 0 Å². The molecule has 1 amide bonds. The number of carbonyl (C=O) groups excluding carboxylic acids is 1. The van der Waals surface area contributed by atoms with Crippen LogP contribution in [0.15, 0.2) is 12.7 Å². The molecule has 0 radical (unpaired) electrons. The SMILES string of the molecule is CC1CCCCC1(N)C(=O)N(C)CCn1cnnc1. The molecule has 1 heterocycles. The van der Waals surface area contributed by atoms with E-state index in [1.54, 1.807) is 17.6 Å². The Balaban J connectivity index is 1.94. The van der Waals surface area contributed by atoms with Gasteiger partial charge in [-0.3, -0.25) is 4.79 Å². The smallest absolute Gasteiger partial charge is 0.242 e. The number of hydrogen-bond donors (Lipinski definition) is 1. The van der Waals surface area contributed by atoms with Crippen molar-refractivity contribution >= 4 is 5.91 Å². The summed E-state index contributed by atoms with van der Waals surface area (Å²) in [4.78, 5) is 14.3. The van der Waals surface area contributed by atoms with Crippen molar-refractivity contribution in [1.82, 2.24) is 19.7 Å². The highest BCUT2D eigenvalue weighted by Crippen LogP contribution is 2.32. The van der Waals surface area contributed by atoms with Crippen LogP contribution < -0.4 is 5.73 Å². The number of carbonyl (C=O) groups is 1. The second-order valence-electron chi connectivity index (χ2n) is 5.61. The number of aromatic nitrogens is 3. The van der Waals surface area contributed by atoms with Gasteiger partial charge >= 0.3 is 0 Å². The summed E-state index contributed by atoms with van der Waals surface area (Å²) in [5.74, 6) is 0.318. The number of hydrogen-bond acceptors (Lipinski definition) is 4. The first kappa shape index (κ1) is 14.0. The van der Waals surface area contributed by atoms with Crippen LogP contribution in [0, 0.1) is 5.92 Å². The number of amides is 1. The summed E-state index contributed by atoms with van der Waals surface area (Å²) >= 11 is 0. The van der Waals surface area contributed by atoms with E-state index in [-0.39, 0.29) is 11.8 Å². The van der Waals surface area contributed by atoms with Gasteiger partial charge in [0.2, 0.25) is 5.91 Å². The lowest BCUT2D eigenvalue weighted by Gasteiger charge is -2.40. The van der Waals surface area contributed by atoms with E-state index in [0.29, 0.717) is 13.1 Å². The van der Waals surface area contributed by atoms with Gasteiger partial charge in [0.05, 0.1) is 5.54 Å². The van der Waals surface area contributed by atoms with Gasteiger partial charge in [-0.05, 0) is 18.8 Å². The third kappa shape index (κ3) is 2.94. The molecule has 106 valence electrons. The lowest BCUT2D eigenvalue weighted by Crippen LogP contribution is -2.59. The van der Waals surface area contributed by atoms with E-state index in [1.165, 1.54) is 6.42 Å². The molecule has 2 unspecified atom stereocenters. The lowest BCUT2D eigenvalue weighted by molar-refractivity contribution is -0.139. The van der Waals surface area contributed by atoms with Gasteiger partial charge in [-0.15, -0.1) is 10.2 Å². The molecule has 1 saturated carbocycles. The Bertz CT molecular complexity index is 419. The zero-order valence-electron chi connectivity index (χ0n) is 11.7. The minimum atomic E-state index is -0.680. The first-order valence-corrected chi connectivity index (χ1v) is 6.91. The molecule has 2 atom stereocenters. The van der Waals surface area contributed by atoms with Crippen LogP contribution in [0.5, 0.6) is 0 Å². The average Bonchev–Trinajstić information content (AvgIpc) is 2.92. The number of nitrogens with two attached hydrogens (primary N) is 1. The molecule has 0 aromatic carbocycles. The van der Waals surface area contributed by atoms with Gasteiger partial charge in [0.25, 0.3) is 0 Å². The molecule has 0 saturated heterocycles. The van der Waals surface area contributed by atoms with Gasteiger partial charge in [-0.2, -0.15) is 0 Å². The predicted molar refractivity (Wildman–Crippen MR) is 72.2 cm³/mol. The summed E-state index contributed by atoms with van der Waals surface area (Å²) in [6, 6.07) is 0. The van der Waals surface area contributed by atoms with Crippen molar-refractivity contribution < 1.29 is 4.79 Å². The highest BCUT2D eigenvalue weighted by Gasteiger charge is 2.42. The summed E-state index contributed by atoms with van der Waals surface area (Å²) < 4.78 is 1.86. The Morgan fingerprint density at radius 2 is 2.16 bits per heavy atom. The predicted octanol–water partition coefficient (Wildman–Crippen LogP) is 0.644. The Morgan fingerprint density at radius 3 is 2.79 bits per heavy atom. The van der Waals surface area contributed by atoms with E-state index in [2.05, 4.69) is 17.1 Å². The van der Waals surface area contributed by atoms with E-state index >= 15 is 0 Å². The van der Waals surface area contributed by atoms with Crippen LogP contribution in [-0.2, 0) is 11.3 Å². The minimum absolute atomic E-state index is 0.0628. The van der Waals surface area contributed by atoms with E-state index in [1.807, 2.05) is 11.6 Å². The van der Waals surface area contributed by atoms with Crippen molar-refractivity contribution in [3.8, 4) is 0 Å². The third-order valence-corrected chi connectivity index (χ3v) is 4.26. The van der Waals surface area contributed by atoms with Crippen molar-refractivity contribution in [3.63, 3.8) is 0 Å². The Kier molecular flexibility index (Phi) is 4.19. The Labute approximate surface area is 114 Å². The summed E-state index contributed by atoms with van der Waals surface area (Å²) in [6.07, 6.45) is 7.37. The largest absolute Gasteiger partial charge is 0.342 e. The quantitative estimate of drug-likeness (QED) is 0.867. The van der Waals surface area contributed by atoms with Gasteiger partial charge < -0.3 is 15.2 Å². The molecule has 2 N–H and O–H groups in total. The normalized spacial score (nSPS) is 27.2. The number of likely N-dealkylation sites (N-methyl/N-ethyl adjacent to an activating group) is 1. The van der Waals surface area contributed by atoms with Gasteiger partial charge in [-0.25, -0.2) is 0 Å². The van der Waals surface area contributed by atoms with E-state index in [9.17, 15) is 4.79 Å². The second-order valence-corrected chi connectivity index (χ2v) is 5.61. The lowest BCUT2D eigenvalue weighted by atomic mass is 9.73. The summed E-state index contributed by atoms with van der Waals surface area (Å²) in [7, 11) is 1.82. The Morgan fingerprint density at radius 1 is 1.47 bits per heavy atom. The van der Waals surface area contributed by atoms with E-state index < -0.39 is 5.54 Å². The van der Waals surface area contributed by atoms with Crippen LogP contribution in [0.3, 0.4) is 0 Å². The molecular weight excluding hydrogens is 242 g/mol. The topological polar surface area (TPSA) is 77.0 Å². The number of nitrogens with zero attached hydrogens (tertiary/aromatic N) is 4. The van der Waals surface area contributed by atoms with E-state index in [0.717, 1.165) is 19.3 Å². The van der Waals surface area contributed by atoms with Crippen LogP contribution in [-0.4, -0.2) is 44.7 Å². The standard InChI is InChI=1S/C13H23N5O/c1-11-5-3-4-6-13(11,14)12(19)17(2)7-8-18-9-15-16-10-18/h9-11H,3-8,14H2,1-2H3. The number of rotatable bonds is 4. The molecule has 1 aromatic rings. The van der Waals surface area contributed by atoms with Crippen molar-refractivity contribution in [2.45, 2.75) is 44.7 Å². The van der Waals surface area contributed by atoms with Crippen LogP contribution >= 0.6 is 0 Å². The first-order valence-electron chi connectivity index (χ1n) is 6.91. The maximum Gasteiger partial charge on any atom is 0.242 e. The molecule has 19 heavy (non-hydrogen) atoms. The highest BCUT2D eigenvalue weighted by molar-refractivity contribution is 5.86. The van der Waals surface area contributed by atoms with Gasteiger partial charge in [0.15, 0.2) is 0 Å². The fourth-order valence-corrected chi connectivity index (χ4v) is 2.75. The zero-order valence-corrected chi connectivity index (χ0v) is 11.7. The molecule has 6 heteroatoms. The molecule has 0 spiro atoms. The van der Waals surface area contributed by atoms with Crippen molar-refractivity contribution in [2.24, 2.45) is 11.7 Å². The monoisotopic (exact) mass is 265 g/mol. The van der Waals surface area contributed by atoms with E-state index in [4.69, 9.17) is 5.73 Å². The fourth-order valence-electron chi connectivity index (χ4n) is 2.75. The van der Waals surface area contributed by atoms with Crippen LogP contribution in [0.2, 0.25) is 0 Å². The maximum absolute atomic E-state index is 12.6. The van der Waals surface area contributed by atoms with Crippen molar-refractivity contribution in [1.29, 1.82) is 0 Å². The van der Waals surface area contributed by atoms with Crippen molar-refractivity contribution in [2.75, 3.05) is 13.6 Å². The third-order valence-electron chi connectivity index (χ3n) is 4.26. The maximum atomic E-state index is 12.6. The molecule has 0 bridgehead atoms. The first-order chi connectivity index (χ1) is 9.04. The molecular formula is C13H23N5O. The molecule has 1 aromatic heterocycles. The summed E-state index contributed by atoms with van der Waals surface area (Å²) in [5.41, 5.74) is 5.69. The molecule has 0 aliphatic heterocycles. The van der Waals surface area contributed by atoms with Gasteiger partial charge in [-0.1, -0.05) is 19.8 Å². The van der Waals surface area contributed by atoms with Crippen molar-refractivity contribution in [3.05, 3.63) is 12.7 Å².